The molecule has 1 heterocycles. The van der Waals surface area contributed by atoms with Gasteiger partial charge in [-0.2, -0.15) is 0 Å². The number of hydrogen-bond acceptors (Lipinski definition) is 6. The van der Waals surface area contributed by atoms with Crippen LogP contribution in [0.2, 0.25) is 5.02 Å². The average molecular weight is 274 g/mol. The van der Waals surface area contributed by atoms with Gasteiger partial charge in [0.2, 0.25) is 0 Å². The second-order valence-electron chi connectivity index (χ2n) is 3.40. The Morgan fingerprint density at radius 3 is 2.89 bits per heavy atom. The van der Waals surface area contributed by atoms with Crippen LogP contribution in [-0.2, 0) is 9.53 Å². The second kappa shape index (κ2) is 6.15. The van der Waals surface area contributed by atoms with E-state index in [2.05, 4.69) is 10.3 Å². The summed E-state index contributed by atoms with van der Waals surface area (Å²) in [5.41, 5.74) is -0.214. The topological polar surface area (TPSA) is 94.4 Å². The number of nitrogens with one attached hydrogen (secondary N) is 1. The van der Waals surface area contributed by atoms with Crippen LogP contribution < -0.4 is 5.32 Å². The molecular formula is C10H12ClN3O4. The van der Waals surface area contributed by atoms with Crippen molar-refractivity contribution < 1.29 is 14.5 Å². The number of hydrogen-bond donors (Lipinski definition) is 1. The Bertz CT molecular complexity index is 466. The molecule has 7 nitrogen and oxygen atoms in total. The fraction of sp³-hybridized carbons (Fsp3) is 0.400. The summed E-state index contributed by atoms with van der Waals surface area (Å²) in [6.45, 7) is 3.55. The van der Waals surface area contributed by atoms with Crippen molar-refractivity contribution in [3.05, 3.63) is 27.4 Å². The van der Waals surface area contributed by atoms with Gasteiger partial charge < -0.3 is 10.1 Å². The Labute approximate surface area is 108 Å². The van der Waals surface area contributed by atoms with E-state index in [0.717, 1.165) is 12.3 Å². The van der Waals surface area contributed by atoms with E-state index in [-0.39, 0.29) is 23.1 Å². The zero-order valence-corrected chi connectivity index (χ0v) is 10.6. The molecule has 0 aliphatic heterocycles. The molecule has 0 aliphatic rings. The van der Waals surface area contributed by atoms with E-state index in [1.54, 1.807) is 13.8 Å². The Hall–Kier alpha value is -1.89. The normalized spacial score (nSPS) is 11.7. The highest BCUT2D eigenvalue weighted by molar-refractivity contribution is 6.33. The first-order valence-electron chi connectivity index (χ1n) is 5.18. The Morgan fingerprint density at radius 2 is 2.39 bits per heavy atom. The number of nitro groups is 1. The number of nitrogens with zero attached hydrogens (tertiary/aromatic N) is 2. The second-order valence-corrected chi connectivity index (χ2v) is 3.81. The first-order valence-corrected chi connectivity index (χ1v) is 5.56. The molecule has 0 radical (unpaired) electrons. The number of anilines is 1. The SMILES string of the molecule is CCOC(=O)C(C)Nc1ncc([N+](=O)[O-])cc1Cl. The molecule has 0 amide bonds. The molecule has 0 aliphatic carbocycles. The van der Waals surface area contributed by atoms with Crippen molar-refractivity contribution in [3.63, 3.8) is 0 Å². The summed E-state index contributed by atoms with van der Waals surface area (Å²) in [5.74, 6) is -0.253. The molecule has 1 aromatic heterocycles. The van der Waals surface area contributed by atoms with Crippen LogP contribution in [0.15, 0.2) is 12.3 Å². The quantitative estimate of drug-likeness (QED) is 0.501. The summed E-state index contributed by atoms with van der Waals surface area (Å²) in [6.07, 6.45) is 1.06. The van der Waals surface area contributed by atoms with Crippen molar-refractivity contribution in [2.45, 2.75) is 19.9 Å². The molecule has 0 spiro atoms. The first-order chi connectivity index (χ1) is 8.45. The van der Waals surface area contributed by atoms with Gasteiger partial charge in [0, 0.05) is 6.07 Å². The van der Waals surface area contributed by atoms with E-state index < -0.39 is 16.9 Å². The lowest BCUT2D eigenvalue weighted by molar-refractivity contribution is -0.385. The molecule has 1 atom stereocenters. The highest BCUT2D eigenvalue weighted by atomic mass is 35.5. The van der Waals surface area contributed by atoms with Crippen molar-refractivity contribution >= 4 is 29.1 Å². The largest absolute Gasteiger partial charge is 0.464 e. The van der Waals surface area contributed by atoms with Gasteiger partial charge in [-0.1, -0.05) is 11.6 Å². The van der Waals surface area contributed by atoms with Gasteiger partial charge >= 0.3 is 5.97 Å². The number of carbonyl (C=O) groups is 1. The van der Waals surface area contributed by atoms with Gasteiger partial charge in [0.25, 0.3) is 5.69 Å². The van der Waals surface area contributed by atoms with Gasteiger partial charge in [-0.25, -0.2) is 9.78 Å². The lowest BCUT2D eigenvalue weighted by Gasteiger charge is -2.13. The molecule has 98 valence electrons. The molecule has 18 heavy (non-hydrogen) atoms. The molecular weight excluding hydrogens is 262 g/mol. The zero-order chi connectivity index (χ0) is 13.7. The summed E-state index contributed by atoms with van der Waals surface area (Å²) in [4.78, 5) is 25.1. The minimum absolute atomic E-state index is 0.0698. The third kappa shape index (κ3) is 3.56. The highest BCUT2D eigenvalue weighted by Crippen LogP contribution is 2.24. The van der Waals surface area contributed by atoms with Crippen molar-refractivity contribution in [2.24, 2.45) is 0 Å². The Morgan fingerprint density at radius 1 is 1.72 bits per heavy atom. The van der Waals surface area contributed by atoms with E-state index in [1.807, 2.05) is 0 Å². The van der Waals surface area contributed by atoms with E-state index >= 15 is 0 Å². The number of pyridine rings is 1. The van der Waals surface area contributed by atoms with Crippen LogP contribution in [-0.4, -0.2) is 28.5 Å². The fourth-order valence-electron chi connectivity index (χ4n) is 1.17. The molecule has 0 saturated heterocycles. The minimum Gasteiger partial charge on any atom is -0.464 e. The van der Waals surface area contributed by atoms with E-state index in [0.29, 0.717) is 0 Å². The lowest BCUT2D eigenvalue weighted by Crippen LogP contribution is -2.28. The van der Waals surface area contributed by atoms with E-state index in [9.17, 15) is 14.9 Å². The van der Waals surface area contributed by atoms with Crippen molar-refractivity contribution in [1.82, 2.24) is 4.98 Å². The van der Waals surface area contributed by atoms with Crippen LogP contribution >= 0.6 is 11.6 Å². The van der Waals surface area contributed by atoms with Gasteiger partial charge in [-0.3, -0.25) is 10.1 Å². The monoisotopic (exact) mass is 273 g/mol. The first kappa shape index (κ1) is 14.2. The van der Waals surface area contributed by atoms with Crippen LogP contribution in [0.4, 0.5) is 11.5 Å². The lowest BCUT2D eigenvalue weighted by atomic mass is 10.3. The third-order valence-corrected chi connectivity index (χ3v) is 2.32. The van der Waals surface area contributed by atoms with Gasteiger partial charge in [0.05, 0.1) is 16.6 Å². The number of halogens is 1. The molecule has 1 rings (SSSR count). The third-order valence-electron chi connectivity index (χ3n) is 2.03. The minimum atomic E-state index is -0.642. The summed E-state index contributed by atoms with van der Waals surface area (Å²) in [5, 5.41) is 13.3. The maximum atomic E-state index is 11.4. The number of aromatic nitrogens is 1. The van der Waals surface area contributed by atoms with Crippen LogP contribution in [0.3, 0.4) is 0 Å². The average Bonchev–Trinajstić information content (AvgIpc) is 2.31. The van der Waals surface area contributed by atoms with Gasteiger partial charge in [0.1, 0.15) is 18.1 Å². The van der Waals surface area contributed by atoms with Crippen molar-refractivity contribution in [1.29, 1.82) is 0 Å². The number of ether oxygens (including phenoxy) is 1. The molecule has 0 bridgehead atoms. The van der Waals surface area contributed by atoms with Crippen LogP contribution in [0.25, 0.3) is 0 Å². The zero-order valence-electron chi connectivity index (χ0n) is 9.84. The van der Waals surface area contributed by atoms with Gasteiger partial charge in [0.15, 0.2) is 0 Å². The van der Waals surface area contributed by atoms with Crippen LogP contribution in [0, 0.1) is 10.1 Å². The number of esters is 1. The summed E-state index contributed by atoms with van der Waals surface area (Å²) < 4.78 is 4.80. The summed E-state index contributed by atoms with van der Waals surface area (Å²) >= 11 is 5.82. The predicted octanol–water partition coefficient (Wildman–Crippen LogP) is 2.01. The Balaban J connectivity index is 2.79. The van der Waals surface area contributed by atoms with Crippen molar-refractivity contribution in [3.8, 4) is 0 Å². The van der Waals surface area contributed by atoms with Gasteiger partial charge in [-0.05, 0) is 13.8 Å². The van der Waals surface area contributed by atoms with E-state index in [1.165, 1.54) is 0 Å². The van der Waals surface area contributed by atoms with Crippen LogP contribution in [0.1, 0.15) is 13.8 Å². The van der Waals surface area contributed by atoms with Crippen LogP contribution in [0.5, 0.6) is 0 Å². The molecule has 1 N–H and O–H groups in total. The number of rotatable bonds is 5. The smallest absolute Gasteiger partial charge is 0.328 e. The van der Waals surface area contributed by atoms with Crippen molar-refractivity contribution in [2.75, 3.05) is 11.9 Å². The molecule has 0 aromatic carbocycles. The molecule has 0 saturated carbocycles. The maximum absolute atomic E-state index is 11.4. The predicted molar refractivity (Wildman–Crippen MR) is 65.6 cm³/mol. The number of carbonyl (C=O) groups excluding carboxylic acids is 1. The summed E-state index contributed by atoms with van der Waals surface area (Å²) in [7, 11) is 0. The molecule has 1 aromatic rings. The molecule has 8 heteroatoms. The molecule has 0 fully saturated rings. The molecule has 1 unspecified atom stereocenters. The van der Waals surface area contributed by atoms with Gasteiger partial charge in [-0.15, -0.1) is 0 Å². The Kier molecular flexibility index (Phi) is 4.85. The standard InChI is InChI=1S/C10H12ClN3O4/c1-3-18-10(15)6(2)13-9-8(11)4-7(5-12-9)14(16)17/h4-6H,3H2,1-2H3,(H,12,13). The summed E-state index contributed by atoms with van der Waals surface area (Å²) in [6, 6.07) is 0.519. The fourth-order valence-corrected chi connectivity index (χ4v) is 1.38. The highest BCUT2D eigenvalue weighted by Gasteiger charge is 2.17. The maximum Gasteiger partial charge on any atom is 0.328 e. The van der Waals surface area contributed by atoms with E-state index in [4.69, 9.17) is 16.3 Å².